The largest absolute Gasteiger partial charge is 0.347 e. The molecule has 128 valence electrons. The number of hydrogen-bond donors (Lipinski definition) is 3. The van der Waals surface area contributed by atoms with Crippen LogP contribution in [-0.4, -0.2) is 31.4 Å². The van der Waals surface area contributed by atoms with Gasteiger partial charge in [0.2, 0.25) is 11.8 Å². The quantitative estimate of drug-likeness (QED) is 0.768. The van der Waals surface area contributed by atoms with Gasteiger partial charge in [-0.3, -0.25) is 9.59 Å². The first-order chi connectivity index (χ1) is 10.4. The maximum absolute atomic E-state index is 12.0. The van der Waals surface area contributed by atoms with E-state index in [0.717, 1.165) is 29.9 Å². The first-order valence-corrected chi connectivity index (χ1v) is 7.74. The Balaban J connectivity index is 0.00000264. The van der Waals surface area contributed by atoms with Crippen LogP contribution >= 0.6 is 12.4 Å². The van der Waals surface area contributed by atoms with E-state index in [1.165, 1.54) is 5.56 Å². The summed E-state index contributed by atoms with van der Waals surface area (Å²) in [7, 11) is 0. The molecule has 1 aliphatic rings. The van der Waals surface area contributed by atoms with Crippen molar-refractivity contribution in [2.24, 2.45) is 11.8 Å². The van der Waals surface area contributed by atoms with Crippen molar-refractivity contribution in [2.45, 2.75) is 27.7 Å². The molecule has 1 aromatic carbocycles. The Morgan fingerprint density at radius 1 is 1.22 bits per heavy atom. The van der Waals surface area contributed by atoms with Crippen LogP contribution in [0, 0.1) is 32.6 Å². The molecule has 1 aromatic rings. The highest BCUT2D eigenvalue weighted by Gasteiger charge is 2.28. The molecule has 1 atom stereocenters. The molecule has 0 radical (unpaired) electrons. The second-order valence-corrected chi connectivity index (χ2v) is 6.25. The standard InChI is InChI=1S/C17H25N3O2.ClH/c1-10-5-11(2)16(12(3)6-10)20-15(21)9-19-17(22)13(4)14-7-18-8-14;/h5-6,13-14,18H,7-9H2,1-4H3,(H,19,22)(H,20,21);1H. The van der Waals surface area contributed by atoms with Gasteiger partial charge in [-0.2, -0.15) is 0 Å². The van der Waals surface area contributed by atoms with E-state index in [0.29, 0.717) is 5.92 Å². The second kappa shape index (κ2) is 8.31. The Morgan fingerprint density at radius 2 is 1.78 bits per heavy atom. The van der Waals surface area contributed by atoms with E-state index < -0.39 is 0 Å². The van der Waals surface area contributed by atoms with Gasteiger partial charge in [0.25, 0.3) is 0 Å². The summed E-state index contributed by atoms with van der Waals surface area (Å²) in [5.41, 5.74) is 4.07. The number of carbonyl (C=O) groups excluding carboxylic acids is 2. The van der Waals surface area contributed by atoms with Crippen molar-refractivity contribution in [1.82, 2.24) is 10.6 Å². The van der Waals surface area contributed by atoms with Crippen LogP contribution in [0.4, 0.5) is 5.69 Å². The zero-order valence-electron chi connectivity index (χ0n) is 14.2. The lowest BCUT2D eigenvalue weighted by Crippen LogP contribution is -2.50. The zero-order valence-corrected chi connectivity index (χ0v) is 15.0. The predicted octanol–water partition coefficient (Wildman–Crippen LogP) is 1.94. The molecule has 23 heavy (non-hydrogen) atoms. The Labute approximate surface area is 144 Å². The van der Waals surface area contributed by atoms with Gasteiger partial charge in [-0.15, -0.1) is 12.4 Å². The number of hydrogen-bond acceptors (Lipinski definition) is 3. The summed E-state index contributed by atoms with van der Waals surface area (Å²) in [6.45, 7) is 9.65. The van der Waals surface area contributed by atoms with Gasteiger partial charge in [0.15, 0.2) is 0 Å². The van der Waals surface area contributed by atoms with Crippen LogP contribution in [0.25, 0.3) is 0 Å². The molecule has 1 unspecified atom stereocenters. The summed E-state index contributed by atoms with van der Waals surface area (Å²) >= 11 is 0. The minimum absolute atomic E-state index is 0. The lowest BCUT2D eigenvalue weighted by molar-refractivity contribution is -0.128. The summed E-state index contributed by atoms with van der Waals surface area (Å²) in [5.74, 6) is 0.0721. The molecule has 1 heterocycles. The van der Waals surface area contributed by atoms with Crippen LogP contribution in [0.2, 0.25) is 0 Å². The molecule has 3 N–H and O–H groups in total. The van der Waals surface area contributed by atoms with E-state index in [2.05, 4.69) is 16.0 Å². The van der Waals surface area contributed by atoms with Gasteiger partial charge in [0.1, 0.15) is 0 Å². The van der Waals surface area contributed by atoms with E-state index in [4.69, 9.17) is 0 Å². The molecular weight excluding hydrogens is 314 g/mol. The number of rotatable bonds is 5. The summed E-state index contributed by atoms with van der Waals surface area (Å²) in [6.07, 6.45) is 0. The molecule has 0 spiro atoms. The fourth-order valence-electron chi connectivity index (χ4n) is 2.77. The number of nitrogens with one attached hydrogen (secondary N) is 3. The summed E-state index contributed by atoms with van der Waals surface area (Å²) < 4.78 is 0. The molecule has 1 aliphatic heterocycles. The molecule has 0 saturated carbocycles. The molecule has 2 rings (SSSR count). The Kier molecular flexibility index (Phi) is 7.03. The number of halogens is 1. The number of amides is 2. The Bertz CT molecular complexity index is 562. The highest BCUT2D eigenvalue weighted by Crippen LogP contribution is 2.21. The summed E-state index contributed by atoms with van der Waals surface area (Å²) in [4.78, 5) is 24.0. The number of anilines is 1. The minimum Gasteiger partial charge on any atom is -0.347 e. The number of aryl methyl sites for hydroxylation is 3. The third-order valence-electron chi connectivity index (χ3n) is 4.30. The SMILES string of the molecule is Cc1cc(C)c(NC(=O)CNC(=O)C(C)C2CNC2)c(C)c1.Cl. The van der Waals surface area contributed by atoms with E-state index in [1.807, 2.05) is 39.8 Å². The highest BCUT2D eigenvalue weighted by atomic mass is 35.5. The van der Waals surface area contributed by atoms with Gasteiger partial charge in [-0.25, -0.2) is 0 Å². The number of carbonyl (C=O) groups is 2. The minimum atomic E-state index is -0.192. The third-order valence-corrected chi connectivity index (χ3v) is 4.30. The summed E-state index contributed by atoms with van der Waals surface area (Å²) in [5, 5.41) is 8.77. The van der Waals surface area contributed by atoms with Crippen LogP contribution in [0.3, 0.4) is 0 Å². The van der Waals surface area contributed by atoms with Gasteiger partial charge in [0.05, 0.1) is 6.54 Å². The maximum atomic E-state index is 12.0. The van der Waals surface area contributed by atoms with Gasteiger partial charge < -0.3 is 16.0 Å². The Morgan fingerprint density at radius 3 is 2.26 bits per heavy atom. The normalized spacial score (nSPS) is 15.1. The van der Waals surface area contributed by atoms with Crippen LogP contribution in [0.15, 0.2) is 12.1 Å². The lowest BCUT2D eigenvalue weighted by atomic mass is 9.88. The molecule has 1 fully saturated rings. The van der Waals surface area contributed by atoms with Crippen LogP contribution < -0.4 is 16.0 Å². The van der Waals surface area contributed by atoms with E-state index in [1.54, 1.807) is 0 Å². The molecule has 0 aliphatic carbocycles. The highest BCUT2D eigenvalue weighted by molar-refractivity contribution is 5.96. The average molecular weight is 340 g/mol. The van der Waals surface area contributed by atoms with Crippen LogP contribution in [0.5, 0.6) is 0 Å². The monoisotopic (exact) mass is 339 g/mol. The van der Waals surface area contributed by atoms with Gasteiger partial charge in [0, 0.05) is 11.6 Å². The average Bonchev–Trinajstić information content (AvgIpc) is 2.38. The van der Waals surface area contributed by atoms with Crippen molar-refractivity contribution in [3.05, 3.63) is 28.8 Å². The van der Waals surface area contributed by atoms with Crippen molar-refractivity contribution in [3.63, 3.8) is 0 Å². The fraction of sp³-hybridized carbons (Fsp3) is 0.529. The third kappa shape index (κ3) is 4.94. The van der Waals surface area contributed by atoms with E-state index in [9.17, 15) is 9.59 Å². The van der Waals surface area contributed by atoms with Crippen LogP contribution in [-0.2, 0) is 9.59 Å². The van der Waals surface area contributed by atoms with Gasteiger partial charge in [-0.05, 0) is 50.9 Å². The van der Waals surface area contributed by atoms with Crippen molar-refractivity contribution in [2.75, 3.05) is 25.0 Å². The number of benzene rings is 1. The van der Waals surface area contributed by atoms with Crippen molar-refractivity contribution in [1.29, 1.82) is 0 Å². The molecule has 0 aromatic heterocycles. The molecule has 6 heteroatoms. The van der Waals surface area contributed by atoms with E-state index >= 15 is 0 Å². The molecule has 2 amide bonds. The first-order valence-electron chi connectivity index (χ1n) is 7.74. The summed E-state index contributed by atoms with van der Waals surface area (Å²) in [6, 6.07) is 4.07. The van der Waals surface area contributed by atoms with Gasteiger partial charge in [-0.1, -0.05) is 24.6 Å². The van der Waals surface area contributed by atoms with Crippen molar-refractivity contribution >= 4 is 29.9 Å². The molecular formula is C17H26ClN3O2. The zero-order chi connectivity index (χ0) is 16.3. The fourth-order valence-corrected chi connectivity index (χ4v) is 2.77. The maximum Gasteiger partial charge on any atom is 0.243 e. The second-order valence-electron chi connectivity index (χ2n) is 6.25. The lowest BCUT2D eigenvalue weighted by Gasteiger charge is -2.31. The topological polar surface area (TPSA) is 70.2 Å². The van der Waals surface area contributed by atoms with E-state index in [-0.39, 0.29) is 36.7 Å². The molecule has 0 bridgehead atoms. The molecule has 1 saturated heterocycles. The molecule has 5 nitrogen and oxygen atoms in total. The first kappa shape index (κ1) is 19.5. The smallest absolute Gasteiger partial charge is 0.243 e. The van der Waals surface area contributed by atoms with Gasteiger partial charge >= 0.3 is 0 Å². The van der Waals surface area contributed by atoms with Crippen LogP contribution in [0.1, 0.15) is 23.6 Å². The van der Waals surface area contributed by atoms with Crippen molar-refractivity contribution < 1.29 is 9.59 Å². The Hall–Kier alpha value is -1.59. The van der Waals surface area contributed by atoms with Crippen molar-refractivity contribution in [3.8, 4) is 0 Å². The predicted molar refractivity (Wildman–Crippen MR) is 95.1 cm³/mol.